The fourth-order valence-corrected chi connectivity index (χ4v) is 3.35. The van der Waals surface area contributed by atoms with E-state index in [1.54, 1.807) is 4.90 Å². The van der Waals surface area contributed by atoms with Crippen molar-refractivity contribution in [2.24, 2.45) is 0 Å². The maximum absolute atomic E-state index is 12.6. The fourth-order valence-electron chi connectivity index (χ4n) is 3.35. The van der Waals surface area contributed by atoms with Crippen molar-refractivity contribution in [3.8, 4) is 12.3 Å². The van der Waals surface area contributed by atoms with E-state index in [2.05, 4.69) is 15.9 Å². The molecule has 1 aliphatic rings. The molecule has 0 spiro atoms. The molecule has 5 heteroatoms. The number of fused-ring (bicyclic) bond motifs is 1. The summed E-state index contributed by atoms with van der Waals surface area (Å²) in [6, 6.07) is 15.3. The van der Waals surface area contributed by atoms with Gasteiger partial charge in [-0.15, -0.1) is 6.42 Å². The van der Waals surface area contributed by atoms with E-state index in [4.69, 9.17) is 11.2 Å². The van der Waals surface area contributed by atoms with E-state index in [0.29, 0.717) is 6.54 Å². The van der Waals surface area contributed by atoms with Crippen LogP contribution in [-0.4, -0.2) is 27.5 Å². The number of likely N-dealkylation sites (tertiary alicyclic amines) is 1. The number of hydrogen-bond acceptors (Lipinski definition) is 3. The zero-order valence-corrected chi connectivity index (χ0v) is 14.3. The molecule has 0 bridgehead atoms. The van der Waals surface area contributed by atoms with Crippen molar-refractivity contribution in [3.63, 3.8) is 0 Å². The third-order valence-corrected chi connectivity index (χ3v) is 4.67. The number of carbonyl (C=O) groups is 1. The van der Waals surface area contributed by atoms with Crippen LogP contribution in [0.5, 0.6) is 0 Å². The average molecular weight is 345 g/mol. The normalized spacial score (nSPS) is 16.6. The van der Waals surface area contributed by atoms with Crippen LogP contribution in [0.3, 0.4) is 0 Å². The first-order valence-electron chi connectivity index (χ1n) is 8.68. The summed E-state index contributed by atoms with van der Waals surface area (Å²) in [6.45, 7) is 0.944. The van der Waals surface area contributed by atoms with Gasteiger partial charge in [0.25, 0.3) is 0 Å². The molecule has 1 fully saturated rings. The largest absolute Gasteiger partial charge is 0.445 e. The number of benzene rings is 2. The van der Waals surface area contributed by atoms with Gasteiger partial charge in [0, 0.05) is 12.1 Å². The molecule has 1 aromatic heterocycles. The minimum Gasteiger partial charge on any atom is -0.445 e. The molecule has 0 aliphatic carbocycles. The fraction of sp³-hybridized carbons (Fsp3) is 0.238. The van der Waals surface area contributed by atoms with E-state index in [9.17, 15) is 4.79 Å². The molecule has 1 aliphatic heterocycles. The maximum Gasteiger partial charge on any atom is 0.410 e. The number of amides is 1. The lowest BCUT2D eigenvalue weighted by Crippen LogP contribution is -2.31. The van der Waals surface area contributed by atoms with Crippen molar-refractivity contribution < 1.29 is 9.53 Å². The summed E-state index contributed by atoms with van der Waals surface area (Å²) in [7, 11) is 0. The van der Waals surface area contributed by atoms with Crippen molar-refractivity contribution in [2.75, 3.05) is 6.54 Å². The van der Waals surface area contributed by atoms with Crippen LogP contribution < -0.4 is 0 Å². The van der Waals surface area contributed by atoms with Gasteiger partial charge in [0.15, 0.2) is 0 Å². The number of nitrogens with one attached hydrogen (secondary N) is 1. The van der Waals surface area contributed by atoms with Gasteiger partial charge in [-0.05, 0) is 36.6 Å². The molecule has 1 N–H and O–H groups in total. The minimum absolute atomic E-state index is 0.0973. The van der Waals surface area contributed by atoms with Crippen molar-refractivity contribution in [1.82, 2.24) is 14.9 Å². The van der Waals surface area contributed by atoms with Gasteiger partial charge in [-0.25, -0.2) is 9.78 Å². The van der Waals surface area contributed by atoms with E-state index in [-0.39, 0.29) is 18.7 Å². The second kappa shape index (κ2) is 6.93. The van der Waals surface area contributed by atoms with E-state index in [1.165, 1.54) is 0 Å². The van der Waals surface area contributed by atoms with E-state index < -0.39 is 0 Å². The SMILES string of the molecule is C#Cc1ccc2nc([C@@H]3CCCN3C(=O)OCc3ccccc3)[nH]c2c1. The highest BCUT2D eigenvalue weighted by Crippen LogP contribution is 2.32. The number of carbonyl (C=O) groups excluding carboxylic acids is 1. The summed E-state index contributed by atoms with van der Waals surface area (Å²) in [6.07, 6.45) is 6.95. The number of rotatable bonds is 3. The lowest BCUT2D eigenvalue weighted by molar-refractivity contribution is 0.0910. The highest BCUT2D eigenvalue weighted by atomic mass is 16.6. The Labute approximate surface area is 152 Å². The zero-order chi connectivity index (χ0) is 17.9. The average Bonchev–Trinajstić information content (AvgIpc) is 3.32. The first-order chi connectivity index (χ1) is 12.7. The molecular weight excluding hydrogens is 326 g/mol. The van der Waals surface area contributed by atoms with E-state index in [1.807, 2.05) is 48.5 Å². The predicted octanol–water partition coefficient (Wildman–Crippen LogP) is 4.02. The number of ether oxygens (including phenoxy) is 1. The van der Waals surface area contributed by atoms with Crippen molar-refractivity contribution in [3.05, 3.63) is 65.5 Å². The molecule has 2 aromatic carbocycles. The Hall–Kier alpha value is -3.26. The number of aromatic nitrogens is 2. The topological polar surface area (TPSA) is 58.2 Å². The molecule has 1 atom stereocenters. The Morgan fingerprint density at radius 1 is 1.31 bits per heavy atom. The number of imidazole rings is 1. The number of terminal acetylenes is 1. The minimum atomic E-state index is -0.305. The van der Waals surface area contributed by atoms with Crippen molar-refractivity contribution in [2.45, 2.75) is 25.5 Å². The summed E-state index contributed by atoms with van der Waals surface area (Å²) >= 11 is 0. The standard InChI is InChI=1S/C21H19N3O2/c1-2-15-10-11-17-18(13-15)23-20(22-17)19-9-6-12-24(19)21(25)26-14-16-7-4-3-5-8-16/h1,3-5,7-8,10-11,13,19H,6,9,12,14H2,(H,22,23)/t19-/m0/s1. The van der Waals surface area contributed by atoms with Crippen LogP contribution in [0.25, 0.3) is 11.0 Å². The van der Waals surface area contributed by atoms with E-state index in [0.717, 1.165) is 40.8 Å². The maximum atomic E-state index is 12.6. The summed E-state index contributed by atoms with van der Waals surface area (Å²) < 4.78 is 5.49. The third kappa shape index (κ3) is 3.14. The highest BCUT2D eigenvalue weighted by molar-refractivity contribution is 5.77. The van der Waals surface area contributed by atoms with Gasteiger partial charge in [0.2, 0.25) is 0 Å². The summed E-state index contributed by atoms with van der Waals surface area (Å²) in [5.41, 5.74) is 3.52. The second-order valence-corrected chi connectivity index (χ2v) is 6.39. The van der Waals surface area contributed by atoms with Crippen LogP contribution in [0.15, 0.2) is 48.5 Å². The van der Waals surface area contributed by atoms with Crippen molar-refractivity contribution >= 4 is 17.1 Å². The Bertz CT molecular complexity index is 972. The molecule has 0 radical (unpaired) electrons. The summed E-state index contributed by atoms with van der Waals surface area (Å²) in [5, 5.41) is 0. The molecule has 4 rings (SSSR count). The van der Waals surface area contributed by atoms with Gasteiger partial charge < -0.3 is 9.72 Å². The second-order valence-electron chi connectivity index (χ2n) is 6.39. The molecule has 130 valence electrons. The lowest BCUT2D eigenvalue weighted by Gasteiger charge is -2.22. The monoisotopic (exact) mass is 345 g/mol. The van der Waals surface area contributed by atoms with Gasteiger partial charge in [-0.1, -0.05) is 36.3 Å². The van der Waals surface area contributed by atoms with Crippen LogP contribution >= 0.6 is 0 Å². The first-order valence-corrected chi connectivity index (χ1v) is 8.68. The van der Waals surface area contributed by atoms with Crippen molar-refractivity contribution in [1.29, 1.82) is 0 Å². The summed E-state index contributed by atoms with van der Waals surface area (Å²) in [4.78, 5) is 22.3. The number of nitrogens with zero attached hydrogens (tertiary/aromatic N) is 2. The van der Waals surface area contributed by atoms with Crippen LogP contribution in [0.4, 0.5) is 4.79 Å². The molecule has 26 heavy (non-hydrogen) atoms. The lowest BCUT2D eigenvalue weighted by atomic mass is 10.2. The number of aromatic amines is 1. The molecular formula is C21H19N3O2. The molecule has 1 amide bonds. The number of hydrogen-bond donors (Lipinski definition) is 1. The Morgan fingerprint density at radius 2 is 2.15 bits per heavy atom. The molecule has 5 nitrogen and oxygen atoms in total. The predicted molar refractivity (Wildman–Crippen MR) is 99.3 cm³/mol. The molecule has 1 saturated heterocycles. The Balaban J connectivity index is 1.51. The summed E-state index contributed by atoms with van der Waals surface area (Å²) in [5.74, 6) is 3.41. The third-order valence-electron chi connectivity index (χ3n) is 4.67. The smallest absolute Gasteiger partial charge is 0.410 e. The van der Waals surface area contributed by atoms with Crippen LogP contribution in [0, 0.1) is 12.3 Å². The Kier molecular flexibility index (Phi) is 4.32. The Morgan fingerprint density at radius 3 is 2.96 bits per heavy atom. The quantitative estimate of drug-likeness (QED) is 0.730. The van der Waals surface area contributed by atoms with Crippen LogP contribution in [0.2, 0.25) is 0 Å². The molecule has 0 unspecified atom stereocenters. The van der Waals surface area contributed by atoms with Gasteiger partial charge in [0.05, 0.1) is 17.1 Å². The van der Waals surface area contributed by atoms with Crippen LogP contribution in [-0.2, 0) is 11.3 Å². The highest BCUT2D eigenvalue weighted by Gasteiger charge is 2.33. The van der Waals surface area contributed by atoms with Gasteiger partial charge in [0.1, 0.15) is 12.4 Å². The number of H-pyrrole nitrogens is 1. The molecule has 2 heterocycles. The van der Waals surface area contributed by atoms with Gasteiger partial charge in [-0.2, -0.15) is 0 Å². The van der Waals surface area contributed by atoms with E-state index >= 15 is 0 Å². The molecule has 0 saturated carbocycles. The van der Waals surface area contributed by atoms with Crippen LogP contribution in [0.1, 0.15) is 35.8 Å². The van der Waals surface area contributed by atoms with Gasteiger partial charge in [-0.3, -0.25) is 4.90 Å². The molecule has 3 aromatic rings. The first kappa shape index (κ1) is 16.2. The zero-order valence-electron chi connectivity index (χ0n) is 14.3. The van der Waals surface area contributed by atoms with Gasteiger partial charge >= 0.3 is 6.09 Å².